The van der Waals surface area contributed by atoms with Gasteiger partial charge in [-0.05, 0) is 6.92 Å². The molecular formula is C7H7ClF3N3O. The maximum atomic E-state index is 12.1. The molecule has 0 bridgehead atoms. The van der Waals surface area contributed by atoms with Crippen LogP contribution >= 0.6 is 11.6 Å². The van der Waals surface area contributed by atoms with Gasteiger partial charge in [0.15, 0.2) is 6.10 Å². The van der Waals surface area contributed by atoms with Crippen LogP contribution in [0.5, 0.6) is 5.88 Å². The van der Waals surface area contributed by atoms with E-state index in [0.29, 0.717) is 0 Å². The Morgan fingerprint density at radius 1 is 1.47 bits per heavy atom. The Hall–Kier alpha value is -1.24. The highest BCUT2D eigenvalue weighted by molar-refractivity contribution is 6.29. The van der Waals surface area contributed by atoms with Gasteiger partial charge in [-0.25, -0.2) is 4.98 Å². The van der Waals surface area contributed by atoms with Crippen molar-refractivity contribution in [2.24, 2.45) is 0 Å². The first kappa shape index (κ1) is 11.8. The largest absolute Gasteiger partial charge is 0.465 e. The van der Waals surface area contributed by atoms with Crippen molar-refractivity contribution in [2.45, 2.75) is 19.2 Å². The highest BCUT2D eigenvalue weighted by Crippen LogP contribution is 2.25. The van der Waals surface area contributed by atoms with Crippen LogP contribution in [-0.4, -0.2) is 22.2 Å². The van der Waals surface area contributed by atoms with Crippen molar-refractivity contribution in [3.8, 4) is 5.88 Å². The summed E-state index contributed by atoms with van der Waals surface area (Å²) in [6.45, 7) is 0.853. The molecule has 0 aliphatic rings. The topological polar surface area (TPSA) is 61.0 Å². The number of ether oxygens (including phenoxy) is 1. The van der Waals surface area contributed by atoms with Crippen LogP contribution in [0.15, 0.2) is 6.07 Å². The normalized spacial score (nSPS) is 13.7. The maximum absolute atomic E-state index is 12.1. The van der Waals surface area contributed by atoms with Crippen molar-refractivity contribution >= 4 is 17.5 Å². The van der Waals surface area contributed by atoms with Gasteiger partial charge >= 0.3 is 6.18 Å². The fraction of sp³-hybridized carbons (Fsp3) is 0.429. The SMILES string of the molecule is C[C@@H](Oc1cc(Cl)nc(N)n1)C(F)(F)F. The van der Waals surface area contributed by atoms with Crippen molar-refractivity contribution in [1.29, 1.82) is 0 Å². The molecule has 1 rings (SSSR count). The molecule has 2 N–H and O–H groups in total. The summed E-state index contributed by atoms with van der Waals surface area (Å²) in [6.07, 6.45) is -6.45. The third kappa shape index (κ3) is 3.43. The molecule has 0 aliphatic carbocycles. The lowest BCUT2D eigenvalue weighted by Crippen LogP contribution is -2.31. The Morgan fingerprint density at radius 3 is 2.53 bits per heavy atom. The third-order valence-corrected chi connectivity index (χ3v) is 1.64. The molecule has 0 unspecified atom stereocenters. The maximum Gasteiger partial charge on any atom is 0.425 e. The van der Waals surface area contributed by atoms with Gasteiger partial charge in [-0.1, -0.05) is 11.6 Å². The number of nitrogens with two attached hydrogens (primary N) is 1. The monoisotopic (exact) mass is 241 g/mol. The van der Waals surface area contributed by atoms with Crippen molar-refractivity contribution in [3.05, 3.63) is 11.2 Å². The van der Waals surface area contributed by atoms with Crippen LogP contribution in [0.4, 0.5) is 19.1 Å². The second kappa shape index (κ2) is 4.09. The zero-order valence-electron chi connectivity index (χ0n) is 7.55. The predicted molar refractivity (Wildman–Crippen MR) is 47.6 cm³/mol. The van der Waals surface area contributed by atoms with Gasteiger partial charge < -0.3 is 10.5 Å². The lowest BCUT2D eigenvalue weighted by Gasteiger charge is -2.16. The summed E-state index contributed by atoms with van der Waals surface area (Å²) in [5.41, 5.74) is 5.18. The minimum Gasteiger partial charge on any atom is -0.465 e. The predicted octanol–water partition coefficient (Wildman–Crippen LogP) is 2.04. The summed E-state index contributed by atoms with van der Waals surface area (Å²) in [6, 6.07) is 1.06. The zero-order chi connectivity index (χ0) is 11.6. The number of halogens is 4. The molecule has 0 fully saturated rings. The number of anilines is 1. The molecule has 0 radical (unpaired) electrons. The van der Waals surface area contributed by atoms with E-state index in [9.17, 15) is 13.2 Å². The van der Waals surface area contributed by atoms with Crippen molar-refractivity contribution in [1.82, 2.24) is 9.97 Å². The number of hydrogen-bond acceptors (Lipinski definition) is 4. The quantitative estimate of drug-likeness (QED) is 0.805. The van der Waals surface area contributed by atoms with Crippen LogP contribution in [0.3, 0.4) is 0 Å². The molecule has 1 atom stereocenters. The molecule has 0 saturated heterocycles. The lowest BCUT2D eigenvalue weighted by atomic mass is 10.4. The van der Waals surface area contributed by atoms with E-state index in [1.807, 2.05) is 0 Å². The van der Waals surface area contributed by atoms with Crippen molar-refractivity contribution in [3.63, 3.8) is 0 Å². The molecule has 1 aromatic rings. The van der Waals surface area contributed by atoms with E-state index in [2.05, 4.69) is 14.7 Å². The summed E-state index contributed by atoms with van der Waals surface area (Å²) in [7, 11) is 0. The fourth-order valence-corrected chi connectivity index (χ4v) is 0.902. The van der Waals surface area contributed by atoms with Gasteiger partial charge in [-0.2, -0.15) is 18.2 Å². The third-order valence-electron chi connectivity index (χ3n) is 1.45. The number of nitrogen functional groups attached to an aromatic ring is 1. The Balaban J connectivity index is 2.81. The molecular weight excluding hydrogens is 235 g/mol. The molecule has 0 saturated carbocycles. The van der Waals surface area contributed by atoms with Gasteiger partial charge in [-0.15, -0.1) is 0 Å². The van der Waals surface area contributed by atoms with E-state index in [1.54, 1.807) is 0 Å². The minimum atomic E-state index is -4.47. The molecule has 1 aromatic heterocycles. The van der Waals surface area contributed by atoms with Gasteiger partial charge in [0, 0.05) is 6.07 Å². The number of hydrogen-bond donors (Lipinski definition) is 1. The van der Waals surface area contributed by atoms with Crippen LogP contribution < -0.4 is 10.5 Å². The number of rotatable bonds is 2. The number of aromatic nitrogens is 2. The van der Waals surface area contributed by atoms with Gasteiger partial charge in [0.2, 0.25) is 11.8 Å². The van der Waals surface area contributed by atoms with E-state index in [-0.39, 0.29) is 17.0 Å². The van der Waals surface area contributed by atoms with Crippen LogP contribution in [0, 0.1) is 0 Å². The van der Waals surface area contributed by atoms with E-state index < -0.39 is 12.3 Å². The minimum absolute atomic E-state index is 0.0770. The summed E-state index contributed by atoms with van der Waals surface area (Å²) in [5.74, 6) is -0.552. The zero-order valence-corrected chi connectivity index (χ0v) is 8.30. The summed E-state index contributed by atoms with van der Waals surface area (Å²) < 4.78 is 40.8. The van der Waals surface area contributed by atoms with Crippen LogP contribution in [-0.2, 0) is 0 Å². The number of alkyl halides is 3. The Kier molecular flexibility index (Phi) is 3.23. The van der Waals surface area contributed by atoms with E-state index in [4.69, 9.17) is 17.3 Å². The van der Waals surface area contributed by atoms with E-state index >= 15 is 0 Å². The van der Waals surface area contributed by atoms with Gasteiger partial charge in [0.1, 0.15) is 5.15 Å². The summed E-state index contributed by atoms with van der Waals surface area (Å²) >= 11 is 5.46. The number of nitrogens with zero attached hydrogens (tertiary/aromatic N) is 2. The molecule has 8 heteroatoms. The first-order valence-corrected chi connectivity index (χ1v) is 4.20. The second-order valence-electron chi connectivity index (χ2n) is 2.69. The standard InChI is InChI=1S/C7H7ClF3N3O/c1-3(7(9,10)11)15-5-2-4(8)13-6(12)14-5/h2-3H,1H3,(H2,12,13,14)/t3-/m1/s1. The second-order valence-corrected chi connectivity index (χ2v) is 3.08. The lowest BCUT2D eigenvalue weighted by molar-refractivity contribution is -0.189. The molecule has 84 valence electrons. The highest BCUT2D eigenvalue weighted by atomic mass is 35.5. The molecule has 1 heterocycles. The summed E-state index contributed by atoms with van der Waals surface area (Å²) in [4.78, 5) is 6.92. The first-order chi connectivity index (χ1) is 6.79. The van der Waals surface area contributed by atoms with E-state index in [0.717, 1.165) is 13.0 Å². The van der Waals surface area contributed by atoms with Crippen molar-refractivity contribution in [2.75, 3.05) is 5.73 Å². The van der Waals surface area contributed by atoms with Crippen molar-refractivity contribution < 1.29 is 17.9 Å². The molecule has 0 aromatic carbocycles. The highest BCUT2D eigenvalue weighted by Gasteiger charge is 2.38. The van der Waals surface area contributed by atoms with Gasteiger partial charge in [0.25, 0.3) is 0 Å². The average Bonchev–Trinajstić information content (AvgIpc) is 1.99. The average molecular weight is 242 g/mol. The van der Waals surface area contributed by atoms with Gasteiger partial charge in [-0.3, -0.25) is 0 Å². The molecule has 15 heavy (non-hydrogen) atoms. The molecule has 0 aliphatic heterocycles. The van der Waals surface area contributed by atoms with Crippen LogP contribution in [0.1, 0.15) is 6.92 Å². The van der Waals surface area contributed by atoms with E-state index in [1.165, 1.54) is 0 Å². The molecule has 0 spiro atoms. The first-order valence-electron chi connectivity index (χ1n) is 3.82. The Labute approximate surface area is 88.2 Å². The Bertz CT molecular complexity index is 338. The van der Waals surface area contributed by atoms with Crippen LogP contribution in [0.25, 0.3) is 0 Å². The molecule has 0 amide bonds. The fourth-order valence-electron chi connectivity index (χ4n) is 0.722. The molecule has 4 nitrogen and oxygen atoms in total. The Morgan fingerprint density at radius 2 is 2.07 bits per heavy atom. The van der Waals surface area contributed by atoms with Crippen LogP contribution in [0.2, 0.25) is 5.15 Å². The van der Waals surface area contributed by atoms with Gasteiger partial charge in [0.05, 0.1) is 0 Å². The summed E-state index contributed by atoms with van der Waals surface area (Å²) in [5, 5.41) is -0.0770. The smallest absolute Gasteiger partial charge is 0.425 e.